The van der Waals surface area contributed by atoms with E-state index in [9.17, 15) is 8.78 Å². The fourth-order valence-corrected chi connectivity index (χ4v) is 1.52. The molecule has 0 N–H and O–H groups in total. The number of hydrogen-bond acceptors (Lipinski definition) is 4. The molecule has 0 spiro atoms. The van der Waals surface area contributed by atoms with Crippen molar-refractivity contribution in [3.05, 3.63) is 47.3 Å². The predicted octanol–water partition coefficient (Wildman–Crippen LogP) is 2.94. The molecule has 6 heteroatoms. The summed E-state index contributed by atoms with van der Waals surface area (Å²) in [5.74, 6) is -1.25. The van der Waals surface area contributed by atoms with Crippen LogP contribution in [0.5, 0.6) is 11.8 Å². The summed E-state index contributed by atoms with van der Waals surface area (Å²) in [5, 5.41) is 0. The first kappa shape index (κ1) is 13.9. The Morgan fingerprint density at radius 2 is 1.75 bits per heavy atom. The van der Waals surface area contributed by atoms with E-state index in [1.54, 1.807) is 12.2 Å². The number of rotatable bonds is 4. The zero-order valence-electron chi connectivity index (χ0n) is 10.9. The third kappa shape index (κ3) is 3.09. The molecule has 2 rings (SSSR count). The van der Waals surface area contributed by atoms with Crippen molar-refractivity contribution in [2.75, 3.05) is 14.2 Å². The van der Waals surface area contributed by atoms with E-state index in [2.05, 4.69) is 9.97 Å². The summed E-state index contributed by atoms with van der Waals surface area (Å²) in [5.41, 5.74) is 1.02. The van der Waals surface area contributed by atoms with E-state index in [1.807, 2.05) is 0 Å². The van der Waals surface area contributed by atoms with Gasteiger partial charge in [-0.25, -0.2) is 18.7 Å². The van der Waals surface area contributed by atoms with Gasteiger partial charge >= 0.3 is 0 Å². The second kappa shape index (κ2) is 6.10. The van der Waals surface area contributed by atoms with Gasteiger partial charge in [0, 0.05) is 0 Å². The van der Waals surface area contributed by atoms with Crippen LogP contribution in [0.1, 0.15) is 11.3 Å². The van der Waals surface area contributed by atoms with Crippen LogP contribution < -0.4 is 9.47 Å². The molecule has 0 aliphatic rings. The van der Waals surface area contributed by atoms with Gasteiger partial charge in [0.1, 0.15) is 0 Å². The molecule has 1 aromatic heterocycles. The maximum Gasteiger partial charge on any atom is 0.278 e. The first-order valence-electron chi connectivity index (χ1n) is 5.72. The molecule has 1 aromatic carbocycles. The molecule has 1 heterocycles. The van der Waals surface area contributed by atoms with Gasteiger partial charge in [0.25, 0.3) is 11.8 Å². The lowest BCUT2D eigenvalue weighted by atomic mass is 10.2. The highest BCUT2D eigenvalue weighted by molar-refractivity contribution is 5.67. The Bertz CT molecular complexity index is 645. The van der Waals surface area contributed by atoms with Crippen molar-refractivity contribution in [2.24, 2.45) is 0 Å². The third-order valence-electron chi connectivity index (χ3n) is 2.50. The molecule has 0 saturated carbocycles. The summed E-state index contributed by atoms with van der Waals surface area (Å²) >= 11 is 0. The standard InChI is InChI=1S/C14H12F2N2O2/c1-19-13-14(20-2)18-10(8-17-13)5-3-9-4-6-11(15)12(16)7-9/h3-8H,1-2H3/b5-3+. The van der Waals surface area contributed by atoms with Gasteiger partial charge in [0.2, 0.25) is 0 Å². The zero-order chi connectivity index (χ0) is 14.5. The Kier molecular flexibility index (Phi) is 4.24. The Labute approximate surface area is 114 Å². The first-order chi connectivity index (χ1) is 9.63. The highest BCUT2D eigenvalue weighted by Crippen LogP contribution is 2.21. The van der Waals surface area contributed by atoms with Gasteiger partial charge in [0.05, 0.1) is 26.1 Å². The number of methoxy groups -OCH3 is 2. The molecule has 0 fully saturated rings. The van der Waals surface area contributed by atoms with Crippen LogP contribution in [0.15, 0.2) is 24.4 Å². The Balaban J connectivity index is 2.24. The Morgan fingerprint density at radius 1 is 1.00 bits per heavy atom. The molecular weight excluding hydrogens is 266 g/mol. The molecule has 0 amide bonds. The monoisotopic (exact) mass is 278 g/mol. The Hall–Kier alpha value is -2.50. The lowest BCUT2D eigenvalue weighted by Gasteiger charge is -2.04. The van der Waals surface area contributed by atoms with E-state index in [0.717, 1.165) is 12.1 Å². The minimum Gasteiger partial charge on any atom is -0.477 e. The van der Waals surface area contributed by atoms with Crippen molar-refractivity contribution in [3.63, 3.8) is 0 Å². The number of hydrogen-bond donors (Lipinski definition) is 0. The SMILES string of the molecule is COc1ncc(/C=C/c2ccc(F)c(F)c2)nc1OC. The molecule has 104 valence electrons. The summed E-state index contributed by atoms with van der Waals surface area (Å²) in [4.78, 5) is 8.17. The van der Waals surface area contributed by atoms with E-state index in [1.165, 1.54) is 26.5 Å². The van der Waals surface area contributed by atoms with Crippen LogP contribution in [-0.4, -0.2) is 24.2 Å². The molecule has 2 aromatic rings. The summed E-state index contributed by atoms with van der Waals surface area (Å²) in [6.07, 6.45) is 4.69. The number of benzene rings is 1. The quantitative estimate of drug-likeness (QED) is 0.862. The molecule has 0 unspecified atom stereocenters. The summed E-state index contributed by atoms with van der Waals surface area (Å²) in [6, 6.07) is 3.62. The van der Waals surface area contributed by atoms with Crippen LogP contribution in [0.25, 0.3) is 12.2 Å². The van der Waals surface area contributed by atoms with E-state index < -0.39 is 11.6 Å². The maximum absolute atomic E-state index is 13.0. The average molecular weight is 278 g/mol. The number of aromatic nitrogens is 2. The van der Waals surface area contributed by atoms with Gasteiger partial charge in [0.15, 0.2) is 11.6 Å². The summed E-state index contributed by atoms with van der Waals surface area (Å²) in [6.45, 7) is 0. The highest BCUT2D eigenvalue weighted by Gasteiger charge is 2.06. The molecule has 0 saturated heterocycles. The molecule has 0 radical (unpaired) electrons. The fraction of sp³-hybridized carbons (Fsp3) is 0.143. The van der Waals surface area contributed by atoms with Gasteiger partial charge in [-0.3, -0.25) is 0 Å². The molecule has 0 bridgehead atoms. The lowest BCUT2D eigenvalue weighted by molar-refractivity contribution is 0.331. The van der Waals surface area contributed by atoms with Crippen LogP contribution in [0.2, 0.25) is 0 Å². The van der Waals surface area contributed by atoms with E-state index in [4.69, 9.17) is 9.47 Å². The van der Waals surface area contributed by atoms with Crippen LogP contribution in [0.3, 0.4) is 0 Å². The fourth-order valence-electron chi connectivity index (χ4n) is 1.52. The number of halogens is 2. The van der Waals surface area contributed by atoms with Gasteiger partial charge < -0.3 is 9.47 Å². The van der Waals surface area contributed by atoms with Gasteiger partial charge in [-0.15, -0.1) is 0 Å². The molecule has 0 aliphatic heterocycles. The zero-order valence-corrected chi connectivity index (χ0v) is 10.9. The van der Waals surface area contributed by atoms with Crippen LogP contribution >= 0.6 is 0 Å². The van der Waals surface area contributed by atoms with Crippen molar-refractivity contribution in [3.8, 4) is 11.8 Å². The summed E-state index contributed by atoms with van der Waals surface area (Å²) < 4.78 is 35.8. The minimum absolute atomic E-state index is 0.250. The van der Waals surface area contributed by atoms with Crippen LogP contribution in [0, 0.1) is 11.6 Å². The predicted molar refractivity (Wildman–Crippen MR) is 70.4 cm³/mol. The van der Waals surface area contributed by atoms with Crippen molar-refractivity contribution in [1.82, 2.24) is 9.97 Å². The number of ether oxygens (including phenoxy) is 2. The van der Waals surface area contributed by atoms with Gasteiger partial charge in [-0.1, -0.05) is 12.1 Å². The molecule has 4 nitrogen and oxygen atoms in total. The van der Waals surface area contributed by atoms with E-state index >= 15 is 0 Å². The van der Waals surface area contributed by atoms with Gasteiger partial charge in [-0.2, -0.15) is 0 Å². The number of nitrogens with zero attached hydrogens (tertiary/aromatic N) is 2. The normalized spacial score (nSPS) is 10.8. The van der Waals surface area contributed by atoms with E-state index in [0.29, 0.717) is 11.3 Å². The molecule has 20 heavy (non-hydrogen) atoms. The first-order valence-corrected chi connectivity index (χ1v) is 5.72. The lowest BCUT2D eigenvalue weighted by Crippen LogP contribution is -1.97. The van der Waals surface area contributed by atoms with E-state index in [-0.39, 0.29) is 11.8 Å². The smallest absolute Gasteiger partial charge is 0.278 e. The summed E-state index contributed by atoms with van der Waals surface area (Å²) in [7, 11) is 2.92. The molecule has 0 aliphatic carbocycles. The van der Waals surface area contributed by atoms with Crippen molar-refractivity contribution in [2.45, 2.75) is 0 Å². The van der Waals surface area contributed by atoms with Crippen LogP contribution in [0.4, 0.5) is 8.78 Å². The van der Waals surface area contributed by atoms with Crippen molar-refractivity contribution in [1.29, 1.82) is 0 Å². The topological polar surface area (TPSA) is 44.2 Å². The Morgan fingerprint density at radius 3 is 2.40 bits per heavy atom. The third-order valence-corrected chi connectivity index (χ3v) is 2.50. The minimum atomic E-state index is -0.898. The van der Waals surface area contributed by atoms with Gasteiger partial charge in [-0.05, 0) is 23.8 Å². The molecule has 0 atom stereocenters. The maximum atomic E-state index is 13.0. The van der Waals surface area contributed by atoms with Crippen molar-refractivity contribution < 1.29 is 18.3 Å². The molecular formula is C14H12F2N2O2. The second-order valence-corrected chi connectivity index (χ2v) is 3.82. The largest absolute Gasteiger partial charge is 0.477 e. The second-order valence-electron chi connectivity index (χ2n) is 3.82. The highest BCUT2D eigenvalue weighted by atomic mass is 19.2. The average Bonchev–Trinajstić information content (AvgIpc) is 2.48. The van der Waals surface area contributed by atoms with Crippen molar-refractivity contribution >= 4 is 12.2 Å². The van der Waals surface area contributed by atoms with Crippen LogP contribution in [-0.2, 0) is 0 Å².